The highest BCUT2D eigenvalue weighted by atomic mass is 16.8. The van der Waals surface area contributed by atoms with Gasteiger partial charge in [-0.2, -0.15) is 0 Å². The molecular weight excluding hydrogens is 196 g/mol. The van der Waals surface area contributed by atoms with Crippen LogP contribution >= 0.6 is 0 Å². The van der Waals surface area contributed by atoms with Gasteiger partial charge >= 0.3 is 5.97 Å². The van der Waals surface area contributed by atoms with Gasteiger partial charge in [-0.25, -0.2) is 0 Å². The van der Waals surface area contributed by atoms with E-state index in [1.165, 1.54) is 26.2 Å². The van der Waals surface area contributed by atoms with Gasteiger partial charge in [-0.1, -0.05) is 6.42 Å². The van der Waals surface area contributed by atoms with E-state index < -0.39 is 0 Å². The SMILES string of the molecule is CC(=O)OC[C@@H]1COC2(CCCCC2)O1. The van der Waals surface area contributed by atoms with E-state index in [1.807, 2.05) is 0 Å². The first-order valence-electron chi connectivity index (χ1n) is 5.65. The fourth-order valence-electron chi connectivity index (χ4n) is 2.26. The molecule has 1 saturated heterocycles. The number of hydrogen-bond acceptors (Lipinski definition) is 4. The number of esters is 1. The van der Waals surface area contributed by atoms with Crippen LogP contribution in [0.15, 0.2) is 0 Å². The van der Waals surface area contributed by atoms with Gasteiger partial charge in [0.15, 0.2) is 5.79 Å². The first kappa shape index (κ1) is 10.9. The van der Waals surface area contributed by atoms with E-state index in [1.54, 1.807) is 0 Å². The molecule has 0 bridgehead atoms. The van der Waals surface area contributed by atoms with E-state index in [0.29, 0.717) is 13.2 Å². The minimum Gasteiger partial charge on any atom is -0.463 e. The summed E-state index contributed by atoms with van der Waals surface area (Å²) in [5, 5.41) is 0. The Labute approximate surface area is 89.9 Å². The third kappa shape index (κ3) is 2.69. The Hall–Kier alpha value is -0.610. The fourth-order valence-corrected chi connectivity index (χ4v) is 2.26. The highest BCUT2D eigenvalue weighted by molar-refractivity contribution is 5.65. The molecule has 4 heteroatoms. The molecule has 1 atom stereocenters. The topological polar surface area (TPSA) is 44.8 Å². The summed E-state index contributed by atoms with van der Waals surface area (Å²) in [4.78, 5) is 10.6. The first-order valence-corrected chi connectivity index (χ1v) is 5.65. The van der Waals surface area contributed by atoms with Gasteiger partial charge in [0.25, 0.3) is 0 Å². The van der Waals surface area contributed by atoms with Crippen molar-refractivity contribution in [2.24, 2.45) is 0 Å². The van der Waals surface area contributed by atoms with Crippen LogP contribution in [0.3, 0.4) is 0 Å². The molecule has 0 unspecified atom stereocenters. The van der Waals surface area contributed by atoms with Crippen LogP contribution in [0, 0.1) is 0 Å². The number of carbonyl (C=O) groups is 1. The minimum absolute atomic E-state index is 0.0769. The smallest absolute Gasteiger partial charge is 0.302 e. The Morgan fingerprint density at radius 1 is 1.40 bits per heavy atom. The molecule has 1 spiro atoms. The minimum atomic E-state index is -0.358. The predicted octanol–water partition coefficient (Wildman–Crippen LogP) is 1.63. The van der Waals surface area contributed by atoms with Crippen LogP contribution < -0.4 is 0 Å². The van der Waals surface area contributed by atoms with E-state index in [9.17, 15) is 4.79 Å². The molecule has 2 aliphatic rings. The van der Waals surface area contributed by atoms with Crippen molar-refractivity contribution < 1.29 is 19.0 Å². The maximum atomic E-state index is 10.6. The monoisotopic (exact) mass is 214 g/mol. The molecule has 4 nitrogen and oxygen atoms in total. The number of carbonyl (C=O) groups excluding carboxylic acids is 1. The van der Waals surface area contributed by atoms with Crippen molar-refractivity contribution in [2.45, 2.75) is 50.9 Å². The van der Waals surface area contributed by atoms with Crippen molar-refractivity contribution in [2.75, 3.05) is 13.2 Å². The van der Waals surface area contributed by atoms with E-state index in [0.717, 1.165) is 12.8 Å². The van der Waals surface area contributed by atoms with Crippen molar-refractivity contribution in [3.63, 3.8) is 0 Å². The lowest BCUT2D eigenvalue weighted by atomic mass is 9.94. The summed E-state index contributed by atoms with van der Waals surface area (Å²) in [7, 11) is 0. The van der Waals surface area contributed by atoms with Crippen LogP contribution in [0.4, 0.5) is 0 Å². The van der Waals surface area contributed by atoms with Crippen LogP contribution in [-0.4, -0.2) is 31.1 Å². The molecule has 0 radical (unpaired) electrons. The lowest BCUT2D eigenvalue weighted by molar-refractivity contribution is -0.192. The highest BCUT2D eigenvalue weighted by Crippen LogP contribution is 2.37. The number of ether oxygens (including phenoxy) is 3. The lowest BCUT2D eigenvalue weighted by Gasteiger charge is -2.31. The van der Waals surface area contributed by atoms with Crippen molar-refractivity contribution >= 4 is 5.97 Å². The van der Waals surface area contributed by atoms with Gasteiger partial charge in [-0.15, -0.1) is 0 Å². The maximum absolute atomic E-state index is 10.6. The van der Waals surface area contributed by atoms with Crippen molar-refractivity contribution in [1.82, 2.24) is 0 Å². The summed E-state index contributed by atoms with van der Waals surface area (Å²) in [6.45, 7) is 2.27. The molecule has 1 aliphatic heterocycles. The molecule has 1 saturated carbocycles. The second kappa shape index (κ2) is 4.49. The largest absolute Gasteiger partial charge is 0.463 e. The molecule has 86 valence electrons. The summed E-state index contributed by atoms with van der Waals surface area (Å²) >= 11 is 0. The summed E-state index contributed by atoms with van der Waals surface area (Å²) < 4.78 is 16.5. The summed E-state index contributed by atoms with van der Waals surface area (Å²) in [5.41, 5.74) is 0. The quantitative estimate of drug-likeness (QED) is 0.655. The second-order valence-corrected chi connectivity index (χ2v) is 4.32. The maximum Gasteiger partial charge on any atom is 0.302 e. The zero-order valence-corrected chi connectivity index (χ0v) is 9.16. The third-order valence-corrected chi connectivity index (χ3v) is 3.00. The summed E-state index contributed by atoms with van der Waals surface area (Å²) in [6.07, 6.45) is 5.48. The molecule has 0 aromatic heterocycles. The molecule has 0 N–H and O–H groups in total. The van der Waals surface area contributed by atoms with Crippen molar-refractivity contribution in [3.8, 4) is 0 Å². The van der Waals surface area contributed by atoms with Gasteiger partial charge < -0.3 is 14.2 Å². The standard InChI is InChI=1S/C11H18O4/c1-9(12)13-7-10-8-14-11(15-10)5-3-2-4-6-11/h10H,2-8H2,1H3/t10-/m1/s1. The lowest BCUT2D eigenvalue weighted by Crippen LogP contribution is -2.34. The average Bonchev–Trinajstić information content (AvgIpc) is 2.60. The normalized spacial score (nSPS) is 29.3. The molecular formula is C11H18O4. The van der Waals surface area contributed by atoms with E-state index in [2.05, 4.69) is 0 Å². The highest BCUT2D eigenvalue weighted by Gasteiger charge is 2.42. The predicted molar refractivity (Wildman–Crippen MR) is 53.3 cm³/mol. The van der Waals surface area contributed by atoms with Crippen LogP contribution in [0.2, 0.25) is 0 Å². The molecule has 15 heavy (non-hydrogen) atoms. The Balaban J connectivity index is 1.80. The number of hydrogen-bond donors (Lipinski definition) is 0. The average molecular weight is 214 g/mol. The van der Waals surface area contributed by atoms with Gasteiger partial charge in [0.2, 0.25) is 0 Å². The first-order chi connectivity index (χ1) is 7.20. The molecule has 1 aliphatic carbocycles. The van der Waals surface area contributed by atoms with Gasteiger partial charge in [0, 0.05) is 19.8 Å². The number of rotatable bonds is 2. The molecule has 2 rings (SSSR count). The summed E-state index contributed by atoms with van der Waals surface area (Å²) in [6, 6.07) is 0. The molecule has 1 heterocycles. The Bertz CT molecular complexity index is 233. The van der Waals surface area contributed by atoms with Crippen molar-refractivity contribution in [1.29, 1.82) is 0 Å². The van der Waals surface area contributed by atoms with Crippen molar-refractivity contribution in [3.05, 3.63) is 0 Å². The van der Waals surface area contributed by atoms with E-state index >= 15 is 0 Å². The van der Waals surface area contributed by atoms with Gasteiger partial charge in [0.05, 0.1) is 6.61 Å². The Morgan fingerprint density at radius 2 is 2.13 bits per heavy atom. The molecule has 0 amide bonds. The zero-order chi connectivity index (χ0) is 10.7. The van der Waals surface area contributed by atoms with Crippen LogP contribution in [0.25, 0.3) is 0 Å². The fraction of sp³-hybridized carbons (Fsp3) is 0.909. The van der Waals surface area contributed by atoms with Crippen LogP contribution in [0.5, 0.6) is 0 Å². The summed E-state index contributed by atoms with van der Waals surface area (Å²) in [5.74, 6) is -0.619. The molecule has 0 aromatic rings. The second-order valence-electron chi connectivity index (χ2n) is 4.32. The third-order valence-electron chi connectivity index (χ3n) is 3.00. The van der Waals surface area contributed by atoms with E-state index in [4.69, 9.17) is 14.2 Å². The van der Waals surface area contributed by atoms with Crippen LogP contribution in [0.1, 0.15) is 39.0 Å². The van der Waals surface area contributed by atoms with Gasteiger partial charge in [-0.05, 0) is 12.8 Å². The van der Waals surface area contributed by atoms with E-state index in [-0.39, 0.29) is 17.9 Å². The molecule has 2 fully saturated rings. The van der Waals surface area contributed by atoms with Crippen LogP contribution in [-0.2, 0) is 19.0 Å². The Morgan fingerprint density at radius 3 is 2.80 bits per heavy atom. The zero-order valence-electron chi connectivity index (χ0n) is 9.16. The van der Waals surface area contributed by atoms with Gasteiger partial charge in [0.1, 0.15) is 12.7 Å². The molecule has 0 aromatic carbocycles. The Kier molecular flexibility index (Phi) is 3.26. The van der Waals surface area contributed by atoms with Gasteiger partial charge in [-0.3, -0.25) is 4.79 Å².